The highest BCUT2D eigenvalue weighted by molar-refractivity contribution is 5.94. The molecule has 3 aromatic carbocycles. The summed E-state index contributed by atoms with van der Waals surface area (Å²) < 4.78 is 46.1. The fraction of sp³-hybridized carbons (Fsp3) is 0.0870. The van der Waals surface area contributed by atoms with Gasteiger partial charge in [-0.3, -0.25) is 4.79 Å². The van der Waals surface area contributed by atoms with Crippen LogP contribution in [0, 0.1) is 0 Å². The van der Waals surface area contributed by atoms with Gasteiger partial charge in [-0.25, -0.2) is 0 Å². The fourth-order valence-electron chi connectivity index (χ4n) is 2.89. The quantitative estimate of drug-likeness (QED) is 0.445. The van der Waals surface area contributed by atoms with Crippen molar-refractivity contribution in [2.45, 2.75) is 12.9 Å². The van der Waals surface area contributed by atoms with E-state index in [-0.39, 0.29) is 18.2 Å². The molecular weight excluding hydrogens is 423 g/mol. The number of carbonyl (C=O) groups excluding carboxylic acids is 1. The maximum atomic E-state index is 12.4. The van der Waals surface area contributed by atoms with E-state index >= 15 is 0 Å². The van der Waals surface area contributed by atoms with Crippen molar-refractivity contribution in [3.05, 3.63) is 90.0 Å². The number of hydrogen-bond acceptors (Lipinski definition) is 5. The van der Waals surface area contributed by atoms with Crippen molar-refractivity contribution in [1.82, 2.24) is 15.5 Å². The van der Waals surface area contributed by atoms with Crippen LogP contribution in [-0.2, 0) is 6.54 Å². The van der Waals surface area contributed by atoms with Crippen LogP contribution in [0.4, 0.5) is 13.2 Å². The van der Waals surface area contributed by atoms with E-state index in [4.69, 9.17) is 4.42 Å². The number of nitrogens with zero attached hydrogens (tertiary/aromatic N) is 2. The van der Waals surface area contributed by atoms with Crippen LogP contribution in [0.5, 0.6) is 5.75 Å². The summed E-state index contributed by atoms with van der Waals surface area (Å²) in [5.41, 5.74) is 2.51. The Morgan fingerprint density at radius 2 is 1.44 bits per heavy atom. The summed E-state index contributed by atoms with van der Waals surface area (Å²) in [5.74, 6) is 0.0772. The number of nitrogens with one attached hydrogen (secondary N) is 1. The number of halogens is 3. The lowest BCUT2D eigenvalue weighted by atomic mass is 10.1. The van der Waals surface area contributed by atoms with E-state index in [9.17, 15) is 18.0 Å². The van der Waals surface area contributed by atoms with Crippen LogP contribution in [0.25, 0.3) is 22.9 Å². The van der Waals surface area contributed by atoms with Crippen LogP contribution in [0.3, 0.4) is 0 Å². The molecule has 0 saturated heterocycles. The molecule has 0 atom stereocenters. The monoisotopic (exact) mass is 439 g/mol. The Bertz CT molecular complexity index is 1190. The Hall–Kier alpha value is -4.14. The number of alkyl halides is 3. The molecule has 0 aliphatic carbocycles. The second kappa shape index (κ2) is 8.93. The highest BCUT2D eigenvalue weighted by Crippen LogP contribution is 2.24. The molecule has 4 rings (SSSR count). The molecule has 0 bridgehead atoms. The zero-order valence-electron chi connectivity index (χ0n) is 16.5. The van der Waals surface area contributed by atoms with E-state index in [1.165, 1.54) is 24.3 Å². The molecule has 0 aliphatic heterocycles. The topological polar surface area (TPSA) is 77.2 Å². The molecule has 0 unspecified atom stereocenters. The summed E-state index contributed by atoms with van der Waals surface area (Å²) in [6.07, 6.45) is -4.74. The second-order valence-electron chi connectivity index (χ2n) is 6.73. The van der Waals surface area contributed by atoms with E-state index in [1.54, 1.807) is 24.3 Å². The summed E-state index contributed by atoms with van der Waals surface area (Å²) in [6.45, 7) is 0.150. The van der Waals surface area contributed by atoms with Gasteiger partial charge in [0.15, 0.2) is 0 Å². The molecular formula is C23H16F3N3O3. The molecule has 9 heteroatoms. The molecule has 162 valence electrons. The van der Waals surface area contributed by atoms with Gasteiger partial charge in [-0.2, -0.15) is 0 Å². The van der Waals surface area contributed by atoms with E-state index in [2.05, 4.69) is 20.3 Å². The van der Waals surface area contributed by atoms with Crippen molar-refractivity contribution in [2.24, 2.45) is 0 Å². The van der Waals surface area contributed by atoms with Gasteiger partial charge in [0.25, 0.3) is 5.91 Å². The SMILES string of the molecule is O=C(NCc1ccc(OC(F)(F)F)cc1)c1ccc(-c2nnc(-c3ccccc3)o2)cc1. The molecule has 32 heavy (non-hydrogen) atoms. The Labute approximate surface area is 180 Å². The standard InChI is InChI=1S/C23H16F3N3O3/c24-23(25,26)32-19-12-6-15(7-13-19)14-27-20(30)16-8-10-18(11-9-16)22-29-28-21(31-22)17-4-2-1-3-5-17/h1-13H,14H2,(H,27,30). The normalized spacial score (nSPS) is 11.2. The van der Waals surface area contributed by atoms with Gasteiger partial charge in [0.05, 0.1) is 0 Å². The third kappa shape index (κ3) is 5.31. The molecule has 0 aliphatic rings. The molecule has 1 N–H and O–H groups in total. The zero-order chi connectivity index (χ0) is 22.6. The zero-order valence-corrected chi connectivity index (χ0v) is 16.5. The average molecular weight is 439 g/mol. The van der Waals surface area contributed by atoms with Gasteiger partial charge in [0, 0.05) is 23.2 Å². The summed E-state index contributed by atoms with van der Waals surface area (Å²) >= 11 is 0. The first-order chi connectivity index (χ1) is 15.4. The van der Waals surface area contributed by atoms with Gasteiger partial charge in [-0.1, -0.05) is 30.3 Å². The van der Waals surface area contributed by atoms with Crippen LogP contribution >= 0.6 is 0 Å². The Kier molecular flexibility index (Phi) is 5.89. The number of ether oxygens (including phenoxy) is 1. The lowest BCUT2D eigenvalue weighted by Crippen LogP contribution is -2.22. The number of rotatable bonds is 6. The van der Waals surface area contributed by atoms with Crippen LogP contribution in [-0.4, -0.2) is 22.5 Å². The Morgan fingerprint density at radius 3 is 2.03 bits per heavy atom. The lowest BCUT2D eigenvalue weighted by Gasteiger charge is -2.10. The Morgan fingerprint density at radius 1 is 0.844 bits per heavy atom. The third-order valence-electron chi connectivity index (χ3n) is 4.45. The highest BCUT2D eigenvalue weighted by Gasteiger charge is 2.30. The minimum Gasteiger partial charge on any atom is -0.416 e. The van der Waals surface area contributed by atoms with Gasteiger partial charge < -0.3 is 14.5 Å². The molecule has 0 saturated carbocycles. The third-order valence-corrected chi connectivity index (χ3v) is 4.45. The van der Waals surface area contributed by atoms with E-state index < -0.39 is 6.36 Å². The van der Waals surface area contributed by atoms with E-state index in [1.807, 2.05) is 30.3 Å². The first-order valence-corrected chi connectivity index (χ1v) is 9.50. The van der Waals surface area contributed by atoms with Crippen LogP contribution in [0.2, 0.25) is 0 Å². The fourth-order valence-corrected chi connectivity index (χ4v) is 2.89. The maximum absolute atomic E-state index is 12.4. The van der Waals surface area contributed by atoms with Crippen LogP contribution < -0.4 is 10.1 Å². The van der Waals surface area contributed by atoms with Gasteiger partial charge in [0.2, 0.25) is 11.8 Å². The largest absolute Gasteiger partial charge is 0.573 e. The summed E-state index contributed by atoms with van der Waals surface area (Å²) in [6, 6.07) is 21.3. The molecule has 6 nitrogen and oxygen atoms in total. The predicted molar refractivity (Wildman–Crippen MR) is 109 cm³/mol. The van der Waals surface area contributed by atoms with Crippen LogP contribution in [0.15, 0.2) is 83.3 Å². The minimum atomic E-state index is -4.74. The molecule has 0 fully saturated rings. The predicted octanol–water partition coefficient (Wildman–Crippen LogP) is 5.23. The molecule has 4 aromatic rings. The first kappa shape index (κ1) is 21.1. The van der Waals surface area contributed by atoms with E-state index in [0.29, 0.717) is 28.5 Å². The summed E-state index contributed by atoms with van der Waals surface area (Å²) in [7, 11) is 0. The van der Waals surface area contributed by atoms with Crippen molar-refractivity contribution < 1.29 is 27.1 Å². The molecule has 0 radical (unpaired) electrons. The van der Waals surface area contributed by atoms with Crippen molar-refractivity contribution >= 4 is 5.91 Å². The van der Waals surface area contributed by atoms with E-state index in [0.717, 1.165) is 5.56 Å². The van der Waals surface area contributed by atoms with Gasteiger partial charge in [-0.05, 0) is 54.1 Å². The number of aromatic nitrogens is 2. The van der Waals surface area contributed by atoms with Gasteiger partial charge >= 0.3 is 6.36 Å². The number of hydrogen-bond donors (Lipinski definition) is 1. The summed E-state index contributed by atoms with van der Waals surface area (Å²) in [5, 5.41) is 10.8. The molecule has 1 amide bonds. The van der Waals surface area contributed by atoms with Crippen molar-refractivity contribution in [3.8, 4) is 28.7 Å². The number of benzene rings is 3. The first-order valence-electron chi connectivity index (χ1n) is 9.50. The number of carbonyl (C=O) groups is 1. The smallest absolute Gasteiger partial charge is 0.416 e. The second-order valence-corrected chi connectivity index (χ2v) is 6.73. The maximum Gasteiger partial charge on any atom is 0.573 e. The van der Waals surface area contributed by atoms with Crippen molar-refractivity contribution in [1.29, 1.82) is 0 Å². The number of amides is 1. The van der Waals surface area contributed by atoms with Gasteiger partial charge in [-0.15, -0.1) is 23.4 Å². The minimum absolute atomic E-state index is 0.150. The summed E-state index contributed by atoms with van der Waals surface area (Å²) in [4.78, 5) is 12.4. The van der Waals surface area contributed by atoms with Gasteiger partial charge in [0.1, 0.15) is 5.75 Å². The molecule has 1 aromatic heterocycles. The molecule has 0 spiro atoms. The van der Waals surface area contributed by atoms with Crippen LogP contribution in [0.1, 0.15) is 15.9 Å². The average Bonchev–Trinajstić information content (AvgIpc) is 3.28. The van der Waals surface area contributed by atoms with Crippen molar-refractivity contribution in [3.63, 3.8) is 0 Å². The Balaban J connectivity index is 1.36. The highest BCUT2D eigenvalue weighted by atomic mass is 19.4. The lowest BCUT2D eigenvalue weighted by molar-refractivity contribution is -0.274. The van der Waals surface area contributed by atoms with Crippen molar-refractivity contribution in [2.75, 3.05) is 0 Å². The molecule has 1 heterocycles.